The minimum absolute atomic E-state index is 0.185. The lowest BCUT2D eigenvalue weighted by molar-refractivity contribution is -0.163. The number of ether oxygens (including phenoxy) is 1. The molecule has 0 saturated carbocycles. The molecule has 5 nitrogen and oxygen atoms in total. The maximum absolute atomic E-state index is 12.5. The van der Waals surface area contributed by atoms with Crippen molar-refractivity contribution in [3.8, 4) is 0 Å². The lowest BCUT2D eigenvalue weighted by Gasteiger charge is -2.37. The van der Waals surface area contributed by atoms with E-state index in [-0.39, 0.29) is 12.0 Å². The van der Waals surface area contributed by atoms with Crippen LogP contribution in [0.25, 0.3) is 0 Å². The molecule has 2 aliphatic rings. The normalized spacial score (nSPS) is 26.1. The van der Waals surface area contributed by atoms with E-state index in [4.69, 9.17) is 4.74 Å². The molecule has 4 atom stereocenters. The Morgan fingerprint density at radius 3 is 1.88 bits per heavy atom. The van der Waals surface area contributed by atoms with Gasteiger partial charge in [0.1, 0.15) is 11.2 Å². The first-order chi connectivity index (χ1) is 15.7. The fourth-order valence-electron chi connectivity index (χ4n) is 5.64. The minimum atomic E-state index is -1.34. The Morgan fingerprint density at radius 1 is 0.848 bits per heavy atom. The number of epoxide rings is 1. The Balaban J connectivity index is 1.91. The molecule has 5 heteroatoms. The highest BCUT2D eigenvalue weighted by molar-refractivity contribution is 5.86. The van der Waals surface area contributed by atoms with Crippen LogP contribution in [0.4, 0.5) is 0 Å². The summed E-state index contributed by atoms with van der Waals surface area (Å²) in [5.41, 5.74) is -1.34. The monoisotopic (exact) mass is 464 g/mol. The molecule has 0 amide bonds. The van der Waals surface area contributed by atoms with Crippen molar-refractivity contribution in [1.29, 1.82) is 0 Å². The van der Waals surface area contributed by atoms with E-state index in [9.17, 15) is 19.8 Å². The Morgan fingerprint density at radius 2 is 1.36 bits per heavy atom. The molecule has 33 heavy (non-hydrogen) atoms. The SMILES string of the molecule is CC(C)CCCCCCCC1C2OC2=CC(CCCCCCCC(C)C)(C(=O)O)C1C(=O)O. The number of fused-ring (bicyclic) bond motifs is 1. The predicted molar refractivity (Wildman–Crippen MR) is 132 cm³/mol. The van der Waals surface area contributed by atoms with E-state index in [2.05, 4.69) is 27.7 Å². The molecule has 1 aliphatic carbocycles. The zero-order chi connectivity index (χ0) is 24.4. The van der Waals surface area contributed by atoms with Crippen molar-refractivity contribution in [2.45, 2.75) is 124 Å². The third-order valence-corrected chi connectivity index (χ3v) is 7.61. The number of carboxylic acid groups (broad SMARTS) is 2. The third kappa shape index (κ3) is 8.33. The summed E-state index contributed by atoms with van der Waals surface area (Å²) in [5.74, 6) is -0.960. The molecule has 0 aromatic heterocycles. The van der Waals surface area contributed by atoms with Gasteiger partial charge in [-0.3, -0.25) is 9.59 Å². The number of aliphatic carboxylic acids is 2. The van der Waals surface area contributed by atoms with Crippen molar-refractivity contribution in [2.75, 3.05) is 0 Å². The van der Waals surface area contributed by atoms with Gasteiger partial charge in [0.25, 0.3) is 0 Å². The van der Waals surface area contributed by atoms with Gasteiger partial charge >= 0.3 is 11.9 Å². The Bertz CT molecular complexity index is 653. The van der Waals surface area contributed by atoms with Crippen molar-refractivity contribution >= 4 is 11.9 Å². The fraction of sp³-hybridized carbons (Fsp3) is 0.857. The van der Waals surface area contributed by atoms with Crippen LogP contribution in [0.5, 0.6) is 0 Å². The van der Waals surface area contributed by atoms with Crippen LogP contribution >= 0.6 is 0 Å². The maximum atomic E-state index is 12.5. The lowest BCUT2D eigenvalue weighted by atomic mass is 9.61. The summed E-state index contributed by atoms with van der Waals surface area (Å²) in [4.78, 5) is 24.9. The average molecular weight is 465 g/mol. The van der Waals surface area contributed by atoms with Gasteiger partial charge in [0, 0.05) is 5.92 Å². The van der Waals surface area contributed by atoms with Crippen LogP contribution in [-0.4, -0.2) is 28.3 Å². The van der Waals surface area contributed by atoms with Gasteiger partial charge in [-0.05, 0) is 30.8 Å². The summed E-state index contributed by atoms with van der Waals surface area (Å²) in [5, 5.41) is 20.3. The van der Waals surface area contributed by atoms with Crippen molar-refractivity contribution in [3.63, 3.8) is 0 Å². The minimum Gasteiger partial charge on any atom is -0.483 e. The second-order valence-electron chi connectivity index (χ2n) is 11.3. The third-order valence-electron chi connectivity index (χ3n) is 7.61. The first-order valence-electron chi connectivity index (χ1n) is 13.5. The number of hydrogen-bond acceptors (Lipinski definition) is 3. The van der Waals surface area contributed by atoms with E-state index >= 15 is 0 Å². The van der Waals surface area contributed by atoms with Gasteiger partial charge < -0.3 is 14.9 Å². The molecule has 0 radical (unpaired) electrons. The largest absolute Gasteiger partial charge is 0.483 e. The quantitative estimate of drug-likeness (QED) is 0.162. The first-order valence-corrected chi connectivity index (χ1v) is 13.5. The molecule has 0 spiro atoms. The van der Waals surface area contributed by atoms with E-state index in [1.807, 2.05) is 0 Å². The van der Waals surface area contributed by atoms with Gasteiger partial charge in [-0.1, -0.05) is 105 Å². The number of carbonyl (C=O) groups is 2. The molecular weight excluding hydrogens is 416 g/mol. The van der Waals surface area contributed by atoms with Gasteiger partial charge in [0.05, 0.1) is 5.92 Å². The van der Waals surface area contributed by atoms with Gasteiger partial charge in [0.2, 0.25) is 0 Å². The highest BCUT2D eigenvalue weighted by Crippen LogP contribution is 2.55. The number of unbranched alkanes of at least 4 members (excludes halogenated alkanes) is 8. The van der Waals surface area contributed by atoms with Crippen LogP contribution in [-0.2, 0) is 14.3 Å². The summed E-state index contributed by atoms with van der Waals surface area (Å²) in [6.07, 6.45) is 15.8. The molecule has 1 fully saturated rings. The Labute approximate surface area is 201 Å². The molecule has 1 heterocycles. The number of hydrogen-bond donors (Lipinski definition) is 2. The van der Waals surface area contributed by atoms with E-state index in [1.165, 1.54) is 32.1 Å². The van der Waals surface area contributed by atoms with Crippen LogP contribution in [0.1, 0.15) is 118 Å². The average Bonchev–Trinajstić information content (AvgIpc) is 3.50. The van der Waals surface area contributed by atoms with Gasteiger partial charge in [-0.2, -0.15) is 0 Å². The summed E-state index contributed by atoms with van der Waals surface area (Å²) in [6, 6.07) is 0. The summed E-state index contributed by atoms with van der Waals surface area (Å²) in [6.45, 7) is 8.96. The fourth-order valence-corrected chi connectivity index (χ4v) is 5.64. The van der Waals surface area contributed by atoms with Gasteiger partial charge in [-0.25, -0.2) is 0 Å². The van der Waals surface area contributed by atoms with Crippen molar-refractivity contribution in [3.05, 3.63) is 11.8 Å². The molecule has 1 aliphatic heterocycles. The standard InChI is InChI=1S/C28H48O5/c1-20(2)15-11-7-5-9-13-17-22-24(26(29)30)28(27(31)32,19-23-25(22)33-23)18-14-10-6-8-12-16-21(3)4/h19-22,24-25H,5-18H2,1-4H3,(H,29,30)(H,31,32). The summed E-state index contributed by atoms with van der Waals surface area (Å²) >= 11 is 0. The van der Waals surface area contributed by atoms with Gasteiger partial charge in [0.15, 0.2) is 6.10 Å². The van der Waals surface area contributed by atoms with Crippen LogP contribution in [0, 0.1) is 29.1 Å². The molecule has 0 aromatic carbocycles. The molecule has 2 N–H and O–H groups in total. The highest BCUT2D eigenvalue weighted by atomic mass is 16.6. The molecule has 190 valence electrons. The van der Waals surface area contributed by atoms with Crippen LogP contribution in [0.3, 0.4) is 0 Å². The van der Waals surface area contributed by atoms with E-state index < -0.39 is 23.3 Å². The second kappa shape index (κ2) is 13.4. The van der Waals surface area contributed by atoms with Crippen molar-refractivity contribution in [2.24, 2.45) is 29.1 Å². The van der Waals surface area contributed by atoms with Crippen LogP contribution in [0.15, 0.2) is 11.8 Å². The zero-order valence-electron chi connectivity index (χ0n) is 21.5. The Hall–Kier alpha value is -1.52. The predicted octanol–water partition coefficient (Wildman–Crippen LogP) is 7.44. The van der Waals surface area contributed by atoms with Crippen LogP contribution < -0.4 is 0 Å². The second-order valence-corrected chi connectivity index (χ2v) is 11.3. The molecule has 4 unspecified atom stereocenters. The van der Waals surface area contributed by atoms with Gasteiger partial charge in [-0.15, -0.1) is 0 Å². The maximum Gasteiger partial charge on any atom is 0.314 e. The lowest BCUT2D eigenvalue weighted by Crippen LogP contribution is -2.48. The smallest absolute Gasteiger partial charge is 0.314 e. The number of rotatable bonds is 18. The van der Waals surface area contributed by atoms with Crippen LogP contribution in [0.2, 0.25) is 0 Å². The highest BCUT2D eigenvalue weighted by Gasteiger charge is 2.62. The van der Waals surface area contributed by atoms with Crippen molar-refractivity contribution < 1.29 is 24.5 Å². The molecule has 0 bridgehead atoms. The molecule has 2 rings (SSSR count). The topological polar surface area (TPSA) is 87.1 Å². The summed E-state index contributed by atoms with van der Waals surface area (Å²) < 4.78 is 5.71. The summed E-state index contributed by atoms with van der Waals surface area (Å²) in [7, 11) is 0. The van der Waals surface area contributed by atoms with E-state index in [0.29, 0.717) is 18.1 Å². The van der Waals surface area contributed by atoms with E-state index in [1.54, 1.807) is 6.08 Å². The molecule has 0 aromatic rings. The Kier molecular flexibility index (Phi) is 11.2. The molecular formula is C28H48O5. The first kappa shape index (κ1) is 27.7. The number of carboxylic acids is 2. The zero-order valence-corrected chi connectivity index (χ0v) is 21.5. The van der Waals surface area contributed by atoms with E-state index in [0.717, 1.165) is 57.3 Å². The van der Waals surface area contributed by atoms with Crippen molar-refractivity contribution in [1.82, 2.24) is 0 Å². The molecule has 1 saturated heterocycles.